The third kappa shape index (κ3) is 4.32. The van der Waals surface area contributed by atoms with Gasteiger partial charge in [-0.05, 0) is 43.9 Å². The first-order valence-corrected chi connectivity index (χ1v) is 11.3. The van der Waals surface area contributed by atoms with Crippen LogP contribution in [0.4, 0.5) is 5.69 Å². The number of para-hydroxylation sites is 1. The summed E-state index contributed by atoms with van der Waals surface area (Å²) in [5.41, 5.74) is 2.34. The smallest absolute Gasteiger partial charge is 0.241 e. The number of likely N-dealkylation sites (tertiary alicyclic amines) is 1. The van der Waals surface area contributed by atoms with E-state index in [0.29, 0.717) is 12.5 Å². The van der Waals surface area contributed by atoms with Crippen molar-refractivity contribution in [3.8, 4) is 0 Å². The summed E-state index contributed by atoms with van der Waals surface area (Å²) in [6.45, 7) is 4.63. The van der Waals surface area contributed by atoms with Crippen LogP contribution in [-0.4, -0.2) is 72.4 Å². The maximum Gasteiger partial charge on any atom is 0.241 e. The summed E-state index contributed by atoms with van der Waals surface area (Å²) in [5.74, 6) is 2.63. The van der Waals surface area contributed by atoms with Gasteiger partial charge in [-0.2, -0.15) is 11.8 Å². The lowest BCUT2D eigenvalue weighted by molar-refractivity contribution is -0.137. The SMILES string of the molecule is O=C(C1CCCN(CC(=O)N2CCCc3ccccc32)C1)N1CCSCC1. The van der Waals surface area contributed by atoms with Crippen LogP contribution in [0.5, 0.6) is 0 Å². The molecule has 1 aromatic carbocycles. The van der Waals surface area contributed by atoms with Crippen molar-refractivity contribution in [2.24, 2.45) is 5.92 Å². The van der Waals surface area contributed by atoms with Crippen LogP contribution >= 0.6 is 11.8 Å². The third-order valence-corrected chi connectivity index (χ3v) is 6.89. The van der Waals surface area contributed by atoms with Crippen molar-refractivity contribution in [3.63, 3.8) is 0 Å². The minimum atomic E-state index is 0.0586. The first-order valence-electron chi connectivity index (χ1n) is 10.2. The van der Waals surface area contributed by atoms with Gasteiger partial charge >= 0.3 is 0 Å². The lowest BCUT2D eigenvalue weighted by Gasteiger charge is -2.37. The normalized spacial score (nSPS) is 23.8. The van der Waals surface area contributed by atoms with Crippen LogP contribution in [0.25, 0.3) is 0 Å². The van der Waals surface area contributed by atoms with Crippen LogP contribution in [-0.2, 0) is 16.0 Å². The number of carbonyl (C=O) groups excluding carboxylic acids is 2. The van der Waals surface area contributed by atoms with E-state index in [1.807, 2.05) is 33.7 Å². The predicted octanol–water partition coefficient (Wildman–Crippen LogP) is 2.25. The molecule has 27 heavy (non-hydrogen) atoms. The van der Waals surface area contributed by atoms with E-state index in [4.69, 9.17) is 0 Å². The quantitative estimate of drug-likeness (QED) is 0.798. The number of amides is 2. The molecular weight excluding hydrogens is 358 g/mol. The predicted molar refractivity (Wildman–Crippen MR) is 110 cm³/mol. The maximum atomic E-state index is 13.0. The van der Waals surface area contributed by atoms with Gasteiger partial charge in [-0.1, -0.05) is 18.2 Å². The van der Waals surface area contributed by atoms with Crippen molar-refractivity contribution < 1.29 is 9.59 Å². The van der Waals surface area contributed by atoms with E-state index in [1.54, 1.807) is 0 Å². The highest BCUT2D eigenvalue weighted by atomic mass is 32.2. The molecule has 3 aliphatic rings. The summed E-state index contributed by atoms with van der Waals surface area (Å²) in [4.78, 5) is 32.0. The minimum Gasteiger partial charge on any atom is -0.341 e. The molecule has 1 aromatic rings. The number of benzene rings is 1. The Kier molecular flexibility index (Phi) is 6.03. The molecule has 2 saturated heterocycles. The van der Waals surface area contributed by atoms with Crippen LogP contribution in [0.2, 0.25) is 0 Å². The fourth-order valence-corrected chi connectivity index (χ4v) is 5.42. The van der Waals surface area contributed by atoms with Gasteiger partial charge in [0.25, 0.3) is 0 Å². The van der Waals surface area contributed by atoms with Gasteiger partial charge in [0.05, 0.1) is 12.5 Å². The largest absolute Gasteiger partial charge is 0.341 e. The van der Waals surface area contributed by atoms with Crippen LogP contribution in [0.1, 0.15) is 24.8 Å². The van der Waals surface area contributed by atoms with E-state index in [-0.39, 0.29) is 11.8 Å². The van der Waals surface area contributed by atoms with E-state index >= 15 is 0 Å². The van der Waals surface area contributed by atoms with E-state index in [9.17, 15) is 9.59 Å². The molecule has 5 nitrogen and oxygen atoms in total. The molecule has 3 heterocycles. The molecule has 2 fully saturated rings. The molecule has 6 heteroatoms. The van der Waals surface area contributed by atoms with Crippen LogP contribution in [0, 0.1) is 5.92 Å². The fraction of sp³-hybridized carbons (Fsp3) is 0.619. The Morgan fingerprint density at radius 3 is 2.70 bits per heavy atom. The molecule has 0 aromatic heterocycles. The lowest BCUT2D eigenvalue weighted by Crippen LogP contribution is -2.50. The molecule has 0 spiro atoms. The topological polar surface area (TPSA) is 43.9 Å². The van der Waals surface area contributed by atoms with Crippen LogP contribution < -0.4 is 4.90 Å². The van der Waals surface area contributed by atoms with Gasteiger partial charge in [0.15, 0.2) is 0 Å². The van der Waals surface area contributed by atoms with Crippen molar-refractivity contribution in [2.45, 2.75) is 25.7 Å². The standard InChI is InChI=1S/C21H29N3O2S/c25-20(24-10-4-6-17-5-1-2-8-19(17)24)16-22-9-3-7-18(15-22)21(26)23-11-13-27-14-12-23/h1-2,5,8,18H,3-4,6-7,9-16H2. The Balaban J connectivity index is 1.37. The number of carbonyl (C=O) groups is 2. The Morgan fingerprint density at radius 1 is 1.04 bits per heavy atom. The van der Waals surface area contributed by atoms with Crippen molar-refractivity contribution >= 4 is 29.3 Å². The molecule has 2 amide bonds. The number of thioether (sulfide) groups is 1. The molecule has 0 N–H and O–H groups in total. The van der Waals surface area contributed by atoms with Crippen molar-refractivity contribution in [3.05, 3.63) is 29.8 Å². The highest BCUT2D eigenvalue weighted by Crippen LogP contribution is 2.27. The number of anilines is 1. The maximum absolute atomic E-state index is 13.0. The number of rotatable bonds is 3. The van der Waals surface area contributed by atoms with E-state index in [0.717, 1.165) is 75.6 Å². The second kappa shape index (κ2) is 8.65. The number of piperidine rings is 1. The average Bonchev–Trinajstić information content (AvgIpc) is 2.73. The molecule has 146 valence electrons. The molecule has 0 radical (unpaired) electrons. The summed E-state index contributed by atoms with van der Waals surface area (Å²) in [6.07, 6.45) is 4.04. The second-order valence-corrected chi connectivity index (χ2v) is 9.01. The number of hydrogen-bond donors (Lipinski definition) is 0. The zero-order valence-electron chi connectivity index (χ0n) is 15.9. The van der Waals surface area contributed by atoms with Crippen molar-refractivity contribution in [1.82, 2.24) is 9.80 Å². The zero-order valence-corrected chi connectivity index (χ0v) is 16.8. The van der Waals surface area contributed by atoms with Gasteiger partial charge in [0.2, 0.25) is 11.8 Å². The number of hydrogen-bond acceptors (Lipinski definition) is 4. The van der Waals surface area contributed by atoms with Gasteiger partial charge in [0, 0.05) is 43.4 Å². The zero-order chi connectivity index (χ0) is 18.6. The summed E-state index contributed by atoms with van der Waals surface area (Å²) >= 11 is 1.93. The van der Waals surface area contributed by atoms with Gasteiger partial charge in [-0.15, -0.1) is 0 Å². The monoisotopic (exact) mass is 387 g/mol. The van der Waals surface area contributed by atoms with E-state index in [1.165, 1.54) is 5.56 Å². The molecular formula is C21H29N3O2S. The molecule has 1 unspecified atom stereocenters. The Morgan fingerprint density at radius 2 is 1.85 bits per heavy atom. The Hall–Kier alpha value is -1.53. The summed E-state index contributed by atoms with van der Waals surface area (Å²) in [5, 5.41) is 0. The molecule has 4 rings (SSSR count). The number of aryl methyl sites for hydroxylation is 1. The minimum absolute atomic E-state index is 0.0586. The van der Waals surface area contributed by atoms with Gasteiger partial charge in [-0.25, -0.2) is 0 Å². The Bertz CT molecular complexity index is 690. The number of fused-ring (bicyclic) bond motifs is 1. The van der Waals surface area contributed by atoms with Crippen LogP contribution in [0.15, 0.2) is 24.3 Å². The van der Waals surface area contributed by atoms with Gasteiger partial charge in [0.1, 0.15) is 0 Å². The van der Waals surface area contributed by atoms with Crippen molar-refractivity contribution in [1.29, 1.82) is 0 Å². The summed E-state index contributed by atoms with van der Waals surface area (Å²) in [7, 11) is 0. The van der Waals surface area contributed by atoms with E-state index in [2.05, 4.69) is 17.0 Å². The first kappa shape index (κ1) is 18.8. The Labute approximate surface area is 166 Å². The second-order valence-electron chi connectivity index (χ2n) is 7.79. The molecule has 0 aliphatic carbocycles. The van der Waals surface area contributed by atoms with Crippen molar-refractivity contribution in [2.75, 3.05) is 55.7 Å². The number of nitrogens with zero attached hydrogens (tertiary/aromatic N) is 3. The molecule has 3 aliphatic heterocycles. The summed E-state index contributed by atoms with van der Waals surface area (Å²) < 4.78 is 0. The molecule has 1 atom stereocenters. The summed E-state index contributed by atoms with van der Waals surface area (Å²) in [6, 6.07) is 8.24. The van der Waals surface area contributed by atoms with E-state index < -0.39 is 0 Å². The molecule has 0 saturated carbocycles. The highest BCUT2D eigenvalue weighted by molar-refractivity contribution is 7.99. The van der Waals surface area contributed by atoms with Gasteiger partial charge < -0.3 is 9.80 Å². The lowest BCUT2D eigenvalue weighted by atomic mass is 9.96. The van der Waals surface area contributed by atoms with Gasteiger partial charge in [-0.3, -0.25) is 14.5 Å². The average molecular weight is 388 g/mol. The first-order chi connectivity index (χ1) is 13.2. The fourth-order valence-electron chi connectivity index (χ4n) is 4.51. The van der Waals surface area contributed by atoms with Crippen LogP contribution in [0.3, 0.4) is 0 Å². The highest BCUT2D eigenvalue weighted by Gasteiger charge is 2.32. The molecule has 0 bridgehead atoms. The third-order valence-electron chi connectivity index (χ3n) is 5.95.